The molecule has 0 heterocycles. The number of ether oxygens (including phenoxy) is 1. The van der Waals surface area contributed by atoms with Gasteiger partial charge in [-0.2, -0.15) is 5.26 Å². The molecule has 1 aromatic rings. The number of carbonyl (C=O) groups is 1. The molecule has 1 rings (SSSR count). The van der Waals surface area contributed by atoms with Gasteiger partial charge in [-0.1, -0.05) is 12.1 Å². The Bertz CT molecular complexity index is 462. The third kappa shape index (κ3) is 1.84. The van der Waals surface area contributed by atoms with Crippen molar-refractivity contribution in [1.82, 2.24) is 0 Å². The second-order valence-electron chi connectivity index (χ2n) is 3.73. The standard InChI is InChI=1S/C12H13NO3/c1-8-6-9(4-5-10(8)16-3)12(2,7-13)11(14)15/h4-6H,1-3H3,(H,14,15). The van der Waals surface area contributed by atoms with E-state index in [0.717, 1.165) is 5.56 Å². The van der Waals surface area contributed by atoms with Crippen LogP contribution in [-0.4, -0.2) is 18.2 Å². The summed E-state index contributed by atoms with van der Waals surface area (Å²) in [4.78, 5) is 11.1. The topological polar surface area (TPSA) is 70.3 Å². The van der Waals surface area contributed by atoms with Gasteiger partial charge in [0.2, 0.25) is 0 Å². The minimum atomic E-state index is -1.52. The second-order valence-corrected chi connectivity index (χ2v) is 3.73. The van der Waals surface area contributed by atoms with E-state index in [1.165, 1.54) is 6.92 Å². The lowest BCUT2D eigenvalue weighted by atomic mass is 9.83. The van der Waals surface area contributed by atoms with E-state index in [4.69, 9.17) is 15.1 Å². The maximum Gasteiger partial charge on any atom is 0.328 e. The largest absolute Gasteiger partial charge is 0.496 e. The first-order valence-corrected chi connectivity index (χ1v) is 4.75. The highest BCUT2D eigenvalue weighted by Crippen LogP contribution is 2.28. The third-order valence-corrected chi connectivity index (χ3v) is 2.62. The number of nitriles is 1. The lowest BCUT2D eigenvalue weighted by Gasteiger charge is -2.17. The number of rotatable bonds is 3. The molecule has 1 atom stereocenters. The van der Waals surface area contributed by atoms with Crippen LogP contribution in [0.2, 0.25) is 0 Å². The van der Waals surface area contributed by atoms with Crippen molar-refractivity contribution in [2.45, 2.75) is 19.3 Å². The molecule has 0 bridgehead atoms. The van der Waals surface area contributed by atoms with E-state index in [2.05, 4.69) is 0 Å². The minimum Gasteiger partial charge on any atom is -0.496 e. The minimum absolute atomic E-state index is 0.459. The number of hydrogen-bond donors (Lipinski definition) is 1. The molecule has 0 fully saturated rings. The van der Waals surface area contributed by atoms with E-state index in [0.29, 0.717) is 11.3 Å². The van der Waals surface area contributed by atoms with Crippen LogP contribution >= 0.6 is 0 Å². The maximum absolute atomic E-state index is 11.1. The summed E-state index contributed by atoms with van der Waals surface area (Å²) in [5.74, 6) is -0.478. The molecule has 16 heavy (non-hydrogen) atoms. The summed E-state index contributed by atoms with van der Waals surface area (Å²) in [7, 11) is 1.54. The average molecular weight is 219 g/mol. The van der Waals surface area contributed by atoms with Crippen molar-refractivity contribution in [2.75, 3.05) is 7.11 Å². The molecule has 0 aliphatic rings. The molecule has 0 amide bonds. The van der Waals surface area contributed by atoms with Crippen LogP contribution in [0.15, 0.2) is 18.2 Å². The summed E-state index contributed by atoms with van der Waals surface area (Å²) >= 11 is 0. The van der Waals surface area contributed by atoms with Crippen LogP contribution in [0.1, 0.15) is 18.1 Å². The van der Waals surface area contributed by atoms with Gasteiger partial charge in [0.05, 0.1) is 13.2 Å². The van der Waals surface area contributed by atoms with E-state index in [1.807, 2.05) is 13.0 Å². The smallest absolute Gasteiger partial charge is 0.328 e. The molecule has 0 radical (unpaired) electrons. The first kappa shape index (κ1) is 12.1. The Hall–Kier alpha value is -2.02. The Morgan fingerprint density at radius 1 is 1.56 bits per heavy atom. The summed E-state index contributed by atoms with van der Waals surface area (Å²) in [5.41, 5.74) is -0.250. The molecule has 1 N–H and O–H groups in total. The zero-order valence-electron chi connectivity index (χ0n) is 9.44. The third-order valence-electron chi connectivity index (χ3n) is 2.62. The van der Waals surface area contributed by atoms with Crippen molar-refractivity contribution in [1.29, 1.82) is 5.26 Å². The monoisotopic (exact) mass is 219 g/mol. The highest BCUT2D eigenvalue weighted by molar-refractivity contribution is 5.84. The molecule has 4 heteroatoms. The van der Waals surface area contributed by atoms with Crippen LogP contribution in [0.3, 0.4) is 0 Å². The molecule has 0 aromatic heterocycles. The molecule has 84 valence electrons. The van der Waals surface area contributed by atoms with Gasteiger partial charge in [0.1, 0.15) is 5.75 Å². The summed E-state index contributed by atoms with van der Waals surface area (Å²) in [6.07, 6.45) is 0. The van der Waals surface area contributed by atoms with Crippen molar-refractivity contribution >= 4 is 5.97 Å². The fourth-order valence-electron chi connectivity index (χ4n) is 1.43. The van der Waals surface area contributed by atoms with Gasteiger partial charge in [-0.25, -0.2) is 0 Å². The molecule has 0 spiro atoms. The Kier molecular flexibility index (Phi) is 3.19. The highest BCUT2D eigenvalue weighted by atomic mass is 16.5. The summed E-state index contributed by atoms with van der Waals surface area (Å²) in [5, 5.41) is 18.0. The predicted octanol–water partition coefficient (Wildman–Crippen LogP) is 1.87. The Morgan fingerprint density at radius 2 is 2.19 bits per heavy atom. The molecule has 4 nitrogen and oxygen atoms in total. The normalized spacial score (nSPS) is 13.6. The summed E-state index contributed by atoms with van der Waals surface area (Å²) in [6.45, 7) is 3.19. The SMILES string of the molecule is COc1ccc(C(C)(C#N)C(=O)O)cc1C. The summed E-state index contributed by atoms with van der Waals surface area (Å²) < 4.78 is 5.08. The first-order valence-electron chi connectivity index (χ1n) is 4.75. The number of aryl methyl sites for hydroxylation is 1. The molecule has 0 aliphatic heterocycles. The van der Waals surface area contributed by atoms with Crippen molar-refractivity contribution in [2.24, 2.45) is 0 Å². The van der Waals surface area contributed by atoms with E-state index in [9.17, 15) is 4.79 Å². The van der Waals surface area contributed by atoms with Crippen molar-refractivity contribution in [3.63, 3.8) is 0 Å². The van der Waals surface area contributed by atoms with E-state index in [1.54, 1.807) is 25.3 Å². The van der Waals surface area contributed by atoms with Gasteiger partial charge in [-0.3, -0.25) is 4.79 Å². The number of aliphatic carboxylic acids is 1. The van der Waals surface area contributed by atoms with Gasteiger partial charge in [0.25, 0.3) is 0 Å². The van der Waals surface area contributed by atoms with Crippen LogP contribution in [0.4, 0.5) is 0 Å². The van der Waals surface area contributed by atoms with Crippen LogP contribution in [0.25, 0.3) is 0 Å². The Balaban J connectivity index is 3.30. The highest BCUT2D eigenvalue weighted by Gasteiger charge is 2.35. The zero-order valence-corrected chi connectivity index (χ0v) is 9.44. The number of carboxylic acids is 1. The average Bonchev–Trinajstić information content (AvgIpc) is 2.27. The van der Waals surface area contributed by atoms with Crippen molar-refractivity contribution < 1.29 is 14.6 Å². The predicted molar refractivity (Wildman–Crippen MR) is 58.3 cm³/mol. The van der Waals surface area contributed by atoms with E-state index >= 15 is 0 Å². The Morgan fingerprint density at radius 3 is 2.56 bits per heavy atom. The van der Waals surface area contributed by atoms with Crippen molar-refractivity contribution in [3.8, 4) is 11.8 Å². The van der Waals surface area contributed by atoms with Gasteiger partial charge in [0.15, 0.2) is 5.41 Å². The number of carboxylic acid groups (broad SMARTS) is 1. The van der Waals surface area contributed by atoms with Crippen LogP contribution < -0.4 is 4.74 Å². The molecule has 0 saturated carbocycles. The lowest BCUT2D eigenvalue weighted by molar-refractivity contribution is -0.141. The number of benzene rings is 1. The van der Waals surface area contributed by atoms with Crippen LogP contribution in [0.5, 0.6) is 5.75 Å². The van der Waals surface area contributed by atoms with Crippen LogP contribution in [0, 0.1) is 18.3 Å². The van der Waals surface area contributed by atoms with Crippen LogP contribution in [-0.2, 0) is 10.2 Å². The molecule has 1 unspecified atom stereocenters. The first-order chi connectivity index (χ1) is 7.45. The second kappa shape index (κ2) is 4.23. The van der Waals surface area contributed by atoms with Gasteiger partial charge in [0, 0.05) is 0 Å². The molecule has 0 aliphatic carbocycles. The molecule has 0 saturated heterocycles. The van der Waals surface area contributed by atoms with Gasteiger partial charge in [-0.05, 0) is 31.0 Å². The fraction of sp³-hybridized carbons (Fsp3) is 0.333. The summed E-state index contributed by atoms with van der Waals surface area (Å²) in [6, 6.07) is 6.75. The zero-order chi connectivity index (χ0) is 12.3. The van der Waals surface area contributed by atoms with Crippen molar-refractivity contribution in [3.05, 3.63) is 29.3 Å². The molecular formula is C12H13NO3. The van der Waals surface area contributed by atoms with Gasteiger partial charge >= 0.3 is 5.97 Å². The fourth-order valence-corrected chi connectivity index (χ4v) is 1.43. The molecule has 1 aromatic carbocycles. The van der Waals surface area contributed by atoms with Gasteiger partial charge < -0.3 is 9.84 Å². The number of methoxy groups -OCH3 is 1. The Labute approximate surface area is 94.1 Å². The van der Waals surface area contributed by atoms with E-state index in [-0.39, 0.29) is 0 Å². The lowest BCUT2D eigenvalue weighted by Crippen LogP contribution is -2.30. The van der Waals surface area contributed by atoms with Gasteiger partial charge in [-0.15, -0.1) is 0 Å². The maximum atomic E-state index is 11.1. The number of hydrogen-bond acceptors (Lipinski definition) is 3. The van der Waals surface area contributed by atoms with E-state index < -0.39 is 11.4 Å². The quantitative estimate of drug-likeness (QED) is 0.842. The number of nitrogens with zero attached hydrogens (tertiary/aromatic N) is 1. The molecular weight excluding hydrogens is 206 g/mol.